The average molecular weight is 383 g/mol. The van der Waals surface area contributed by atoms with Crippen LogP contribution in [0.3, 0.4) is 0 Å². The van der Waals surface area contributed by atoms with Gasteiger partial charge in [0.1, 0.15) is 0 Å². The van der Waals surface area contributed by atoms with Crippen molar-refractivity contribution in [1.82, 2.24) is 15.1 Å². The van der Waals surface area contributed by atoms with E-state index >= 15 is 0 Å². The molecule has 1 heterocycles. The number of likely N-dealkylation sites (N-methyl/N-ethyl adjacent to an activating group) is 1. The van der Waals surface area contributed by atoms with Crippen LogP contribution in [0.15, 0.2) is 0 Å². The highest BCUT2D eigenvalue weighted by Crippen LogP contribution is 2.39. The molecule has 2 N–H and O–H groups in total. The van der Waals surface area contributed by atoms with Gasteiger partial charge in [-0.3, -0.25) is 14.5 Å². The Hall–Kier alpha value is -1.83. The number of nitrogens with zero attached hydrogens (tertiary/aromatic N) is 2. The molecule has 0 bridgehead atoms. The molecule has 0 aromatic heterocycles. The lowest BCUT2D eigenvalue weighted by Crippen LogP contribution is -2.56. The Morgan fingerprint density at radius 1 is 1.30 bits per heavy atom. The Kier molecular flexibility index (Phi) is 7.08. The van der Waals surface area contributed by atoms with Gasteiger partial charge in [0, 0.05) is 25.2 Å². The molecule has 1 saturated carbocycles. The third-order valence-electron chi connectivity index (χ3n) is 6.08. The first-order chi connectivity index (χ1) is 12.7. The van der Waals surface area contributed by atoms with Crippen LogP contribution in [0.4, 0.5) is 4.79 Å². The number of likely N-dealkylation sites (tertiary alicyclic amines) is 1. The number of urea groups is 1. The first kappa shape index (κ1) is 21.5. The molecule has 1 atom stereocenters. The van der Waals surface area contributed by atoms with E-state index in [0.29, 0.717) is 32.7 Å². The molecule has 8 heteroatoms. The Morgan fingerprint density at radius 2 is 1.96 bits per heavy atom. The number of carboxylic acid groups (broad SMARTS) is 1. The summed E-state index contributed by atoms with van der Waals surface area (Å²) in [4.78, 5) is 39.6. The standard InChI is InChI=1S/C19H33N3O5/c1-5-21(11-16(23)24)15-9-14(10-15)20-18(26)22-8-7-19(12-22,13(3)4)17(25)27-6-2/h13-15H,5-12H2,1-4H3,(H,20,26)(H,23,24). The van der Waals surface area contributed by atoms with Crippen LogP contribution in [0, 0.1) is 11.3 Å². The Bertz CT molecular complexity index is 562. The van der Waals surface area contributed by atoms with Crippen molar-refractivity contribution in [2.45, 2.75) is 59.0 Å². The Balaban J connectivity index is 1.86. The number of hydrogen-bond acceptors (Lipinski definition) is 5. The van der Waals surface area contributed by atoms with Gasteiger partial charge < -0.3 is 20.1 Å². The lowest BCUT2D eigenvalue weighted by atomic mass is 9.76. The first-order valence-electron chi connectivity index (χ1n) is 9.92. The third-order valence-corrected chi connectivity index (χ3v) is 6.08. The number of nitrogens with one attached hydrogen (secondary N) is 1. The van der Waals surface area contributed by atoms with Crippen LogP contribution in [0.5, 0.6) is 0 Å². The molecule has 0 aromatic carbocycles. The summed E-state index contributed by atoms with van der Waals surface area (Å²) in [7, 11) is 0. The van der Waals surface area contributed by atoms with Gasteiger partial charge in [0.2, 0.25) is 0 Å². The van der Waals surface area contributed by atoms with Crippen LogP contribution < -0.4 is 5.32 Å². The molecule has 1 saturated heterocycles. The van der Waals surface area contributed by atoms with Gasteiger partial charge in [0.25, 0.3) is 0 Å². The summed E-state index contributed by atoms with van der Waals surface area (Å²) in [6, 6.07) is 0.109. The number of hydrogen-bond donors (Lipinski definition) is 2. The summed E-state index contributed by atoms with van der Waals surface area (Å²) >= 11 is 0. The smallest absolute Gasteiger partial charge is 0.317 e. The van der Waals surface area contributed by atoms with E-state index in [4.69, 9.17) is 9.84 Å². The summed E-state index contributed by atoms with van der Waals surface area (Å²) in [5, 5.41) is 12.0. The van der Waals surface area contributed by atoms with Crippen LogP contribution in [0.2, 0.25) is 0 Å². The monoisotopic (exact) mass is 383 g/mol. The predicted octanol–water partition coefficient (Wildman–Crippen LogP) is 1.54. The quantitative estimate of drug-likeness (QED) is 0.617. The van der Waals surface area contributed by atoms with Crippen LogP contribution in [-0.4, -0.2) is 77.7 Å². The molecule has 27 heavy (non-hydrogen) atoms. The van der Waals surface area contributed by atoms with E-state index in [2.05, 4.69) is 5.32 Å². The van der Waals surface area contributed by atoms with Crippen LogP contribution in [0.1, 0.15) is 47.0 Å². The van der Waals surface area contributed by atoms with Crippen molar-refractivity contribution in [2.75, 3.05) is 32.8 Å². The molecule has 1 unspecified atom stereocenters. The molecule has 0 radical (unpaired) electrons. The van der Waals surface area contributed by atoms with Crippen LogP contribution in [-0.2, 0) is 14.3 Å². The molecule has 2 aliphatic rings. The first-order valence-corrected chi connectivity index (χ1v) is 9.92. The molecule has 1 aliphatic carbocycles. The van der Waals surface area contributed by atoms with E-state index in [0.717, 1.165) is 12.8 Å². The molecule has 2 rings (SSSR count). The van der Waals surface area contributed by atoms with Gasteiger partial charge in [-0.2, -0.15) is 0 Å². The number of esters is 1. The lowest BCUT2D eigenvalue weighted by Gasteiger charge is -2.42. The highest BCUT2D eigenvalue weighted by molar-refractivity contribution is 5.81. The number of carbonyl (C=O) groups is 3. The molecule has 2 fully saturated rings. The molecule has 154 valence electrons. The van der Waals surface area contributed by atoms with Gasteiger partial charge >= 0.3 is 18.0 Å². The second-order valence-electron chi connectivity index (χ2n) is 7.93. The summed E-state index contributed by atoms with van der Waals surface area (Å²) < 4.78 is 5.27. The summed E-state index contributed by atoms with van der Waals surface area (Å²) in [5.74, 6) is -0.951. The van der Waals surface area contributed by atoms with Crippen molar-refractivity contribution < 1.29 is 24.2 Å². The molecule has 2 amide bonds. The minimum atomic E-state index is -0.828. The highest BCUT2D eigenvalue weighted by Gasteiger charge is 2.49. The Labute approximate surface area is 161 Å². The third kappa shape index (κ3) is 4.72. The van der Waals surface area contributed by atoms with E-state index in [9.17, 15) is 14.4 Å². The lowest BCUT2D eigenvalue weighted by molar-refractivity contribution is -0.157. The van der Waals surface area contributed by atoms with Crippen molar-refractivity contribution >= 4 is 18.0 Å². The maximum absolute atomic E-state index is 12.6. The molecule has 1 aliphatic heterocycles. The van der Waals surface area contributed by atoms with Gasteiger partial charge in [0.15, 0.2) is 0 Å². The van der Waals surface area contributed by atoms with Gasteiger partial charge in [0.05, 0.1) is 18.6 Å². The van der Waals surface area contributed by atoms with E-state index < -0.39 is 11.4 Å². The van der Waals surface area contributed by atoms with Crippen molar-refractivity contribution in [2.24, 2.45) is 11.3 Å². The van der Waals surface area contributed by atoms with E-state index in [1.165, 1.54) is 0 Å². The largest absolute Gasteiger partial charge is 0.480 e. The number of aliphatic carboxylic acids is 1. The number of carbonyl (C=O) groups excluding carboxylic acids is 2. The van der Waals surface area contributed by atoms with Gasteiger partial charge in [-0.25, -0.2) is 4.79 Å². The van der Waals surface area contributed by atoms with E-state index in [1.54, 1.807) is 11.8 Å². The topological polar surface area (TPSA) is 99.2 Å². The Morgan fingerprint density at radius 3 is 2.48 bits per heavy atom. The number of amides is 2. The average Bonchev–Trinajstić information content (AvgIpc) is 3.02. The van der Waals surface area contributed by atoms with Crippen molar-refractivity contribution in [3.05, 3.63) is 0 Å². The van der Waals surface area contributed by atoms with Crippen LogP contribution >= 0.6 is 0 Å². The van der Waals surface area contributed by atoms with Gasteiger partial charge in [-0.1, -0.05) is 20.8 Å². The minimum Gasteiger partial charge on any atom is -0.480 e. The second kappa shape index (κ2) is 8.91. The van der Waals surface area contributed by atoms with E-state index in [1.807, 2.05) is 25.7 Å². The zero-order chi connectivity index (χ0) is 20.2. The molecular weight excluding hydrogens is 350 g/mol. The zero-order valence-corrected chi connectivity index (χ0v) is 16.9. The fraction of sp³-hybridized carbons (Fsp3) is 0.842. The number of carboxylic acids is 1. The fourth-order valence-electron chi connectivity index (χ4n) is 4.10. The summed E-state index contributed by atoms with van der Waals surface area (Å²) in [6.07, 6.45) is 2.13. The molecular formula is C19H33N3O5. The summed E-state index contributed by atoms with van der Waals surface area (Å²) in [6.45, 7) is 9.71. The molecule has 8 nitrogen and oxygen atoms in total. The fourth-order valence-corrected chi connectivity index (χ4v) is 4.10. The van der Waals surface area contributed by atoms with Crippen molar-refractivity contribution in [3.8, 4) is 0 Å². The maximum Gasteiger partial charge on any atom is 0.317 e. The normalized spacial score (nSPS) is 27.6. The SMILES string of the molecule is CCOC(=O)C1(C(C)C)CCN(C(=O)NC2CC(N(CC)CC(=O)O)C2)C1. The molecule has 0 aromatic rings. The zero-order valence-electron chi connectivity index (χ0n) is 16.9. The number of ether oxygens (including phenoxy) is 1. The molecule has 0 spiro atoms. The predicted molar refractivity (Wildman–Crippen MR) is 100 cm³/mol. The van der Waals surface area contributed by atoms with Crippen molar-refractivity contribution in [3.63, 3.8) is 0 Å². The van der Waals surface area contributed by atoms with Crippen molar-refractivity contribution in [1.29, 1.82) is 0 Å². The number of rotatable bonds is 8. The van der Waals surface area contributed by atoms with Gasteiger partial charge in [-0.05, 0) is 38.6 Å². The minimum absolute atomic E-state index is 0.0321. The summed E-state index contributed by atoms with van der Waals surface area (Å²) in [5.41, 5.74) is -0.629. The second-order valence-corrected chi connectivity index (χ2v) is 7.93. The van der Waals surface area contributed by atoms with E-state index in [-0.39, 0.29) is 36.5 Å². The van der Waals surface area contributed by atoms with Crippen LogP contribution in [0.25, 0.3) is 0 Å². The maximum atomic E-state index is 12.6. The van der Waals surface area contributed by atoms with Gasteiger partial charge in [-0.15, -0.1) is 0 Å². The highest BCUT2D eigenvalue weighted by atomic mass is 16.5.